The summed E-state index contributed by atoms with van der Waals surface area (Å²) < 4.78 is 0. The molecule has 0 heterocycles. The van der Waals surface area contributed by atoms with Crippen LogP contribution in [0.1, 0.15) is 27.2 Å². The Morgan fingerprint density at radius 3 is 2.18 bits per heavy atom. The molecular formula is C9H18O2. The van der Waals surface area contributed by atoms with E-state index in [0.717, 1.165) is 6.42 Å². The van der Waals surface area contributed by atoms with Gasteiger partial charge in [-0.2, -0.15) is 0 Å². The molecular weight excluding hydrogens is 140 g/mol. The SMILES string of the molecule is C[C@@H]1[C@@H](O)C[C@@H](CO)C1(C)C. The zero-order valence-electron chi connectivity index (χ0n) is 7.54. The third-order valence-electron chi connectivity index (χ3n) is 3.55. The van der Waals surface area contributed by atoms with Gasteiger partial charge in [0, 0.05) is 6.61 Å². The van der Waals surface area contributed by atoms with Crippen molar-refractivity contribution in [2.45, 2.75) is 33.3 Å². The van der Waals surface area contributed by atoms with Crippen molar-refractivity contribution in [1.82, 2.24) is 0 Å². The molecule has 0 aromatic heterocycles. The second kappa shape index (κ2) is 2.76. The van der Waals surface area contributed by atoms with Crippen molar-refractivity contribution in [3.8, 4) is 0 Å². The molecule has 1 fully saturated rings. The molecule has 3 atom stereocenters. The second-order valence-corrected chi connectivity index (χ2v) is 4.29. The number of aliphatic hydroxyl groups excluding tert-OH is 2. The fourth-order valence-corrected chi connectivity index (χ4v) is 1.98. The third-order valence-corrected chi connectivity index (χ3v) is 3.55. The van der Waals surface area contributed by atoms with E-state index in [4.69, 9.17) is 5.11 Å². The van der Waals surface area contributed by atoms with Crippen molar-refractivity contribution >= 4 is 0 Å². The summed E-state index contributed by atoms with van der Waals surface area (Å²) >= 11 is 0. The molecule has 2 N–H and O–H groups in total. The maximum atomic E-state index is 9.52. The summed E-state index contributed by atoms with van der Waals surface area (Å²) in [5, 5.41) is 18.5. The van der Waals surface area contributed by atoms with Crippen LogP contribution in [0.5, 0.6) is 0 Å². The lowest BCUT2D eigenvalue weighted by molar-refractivity contribution is 0.0916. The third kappa shape index (κ3) is 1.30. The van der Waals surface area contributed by atoms with Crippen molar-refractivity contribution < 1.29 is 10.2 Å². The predicted octanol–water partition coefficient (Wildman–Crippen LogP) is 1.02. The Hall–Kier alpha value is -0.0800. The van der Waals surface area contributed by atoms with Crippen molar-refractivity contribution in [2.24, 2.45) is 17.3 Å². The Morgan fingerprint density at radius 2 is 2.00 bits per heavy atom. The van der Waals surface area contributed by atoms with Gasteiger partial charge in [0.25, 0.3) is 0 Å². The maximum Gasteiger partial charge on any atom is 0.0574 e. The van der Waals surface area contributed by atoms with E-state index in [-0.39, 0.29) is 24.0 Å². The summed E-state index contributed by atoms with van der Waals surface area (Å²) in [6.07, 6.45) is 0.534. The molecule has 1 aliphatic rings. The van der Waals surface area contributed by atoms with Crippen LogP contribution < -0.4 is 0 Å². The highest BCUT2D eigenvalue weighted by Gasteiger charge is 2.45. The Kier molecular flexibility index (Phi) is 2.26. The molecule has 2 heteroatoms. The monoisotopic (exact) mass is 158 g/mol. The van der Waals surface area contributed by atoms with Crippen LogP contribution in [0.4, 0.5) is 0 Å². The van der Waals surface area contributed by atoms with Crippen LogP contribution >= 0.6 is 0 Å². The van der Waals surface area contributed by atoms with Crippen LogP contribution in [0.25, 0.3) is 0 Å². The minimum Gasteiger partial charge on any atom is -0.396 e. The van der Waals surface area contributed by atoms with E-state index in [2.05, 4.69) is 20.8 Å². The molecule has 66 valence electrons. The minimum atomic E-state index is -0.220. The first-order chi connectivity index (χ1) is 5.00. The Bertz CT molecular complexity index is 142. The summed E-state index contributed by atoms with van der Waals surface area (Å²) in [5.41, 5.74) is 0.0914. The average molecular weight is 158 g/mol. The molecule has 0 unspecified atom stereocenters. The van der Waals surface area contributed by atoms with E-state index in [9.17, 15) is 5.11 Å². The molecule has 0 aromatic carbocycles. The van der Waals surface area contributed by atoms with Gasteiger partial charge in [-0.3, -0.25) is 0 Å². The smallest absolute Gasteiger partial charge is 0.0574 e. The normalized spacial score (nSPS) is 42.8. The molecule has 1 aliphatic carbocycles. The molecule has 2 nitrogen and oxygen atoms in total. The van der Waals surface area contributed by atoms with Gasteiger partial charge in [0.2, 0.25) is 0 Å². The van der Waals surface area contributed by atoms with Crippen molar-refractivity contribution in [3.05, 3.63) is 0 Å². The van der Waals surface area contributed by atoms with E-state index in [0.29, 0.717) is 5.92 Å². The van der Waals surface area contributed by atoms with Crippen LogP contribution in [0, 0.1) is 17.3 Å². The Morgan fingerprint density at radius 1 is 1.45 bits per heavy atom. The molecule has 0 aromatic rings. The quantitative estimate of drug-likeness (QED) is 0.598. The van der Waals surface area contributed by atoms with E-state index in [1.165, 1.54) is 0 Å². The highest BCUT2D eigenvalue weighted by Crippen LogP contribution is 2.46. The van der Waals surface area contributed by atoms with E-state index in [1.807, 2.05) is 0 Å². The largest absolute Gasteiger partial charge is 0.396 e. The summed E-state index contributed by atoms with van der Waals surface area (Å²) in [7, 11) is 0. The summed E-state index contributed by atoms with van der Waals surface area (Å²) in [6, 6.07) is 0. The summed E-state index contributed by atoms with van der Waals surface area (Å²) in [6.45, 7) is 6.50. The molecule has 1 saturated carbocycles. The van der Waals surface area contributed by atoms with E-state index < -0.39 is 0 Å². The molecule has 0 saturated heterocycles. The van der Waals surface area contributed by atoms with Gasteiger partial charge in [-0.15, -0.1) is 0 Å². The summed E-state index contributed by atoms with van der Waals surface area (Å²) in [4.78, 5) is 0. The molecule has 11 heavy (non-hydrogen) atoms. The lowest BCUT2D eigenvalue weighted by Gasteiger charge is -2.29. The Balaban J connectivity index is 2.74. The van der Waals surface area contributed by atoms with Crippen LogP contribution in [-0.4, -0.2) is 22.9 Å². The van der Waals surface area contributed by atoms with Gasteiger partial charge >= 0.3 is 0 Å². The zero-order valence-corrected chi connectivity index (χ0v) is 7.54. The van der Waals surface area contributed by atoms with Gasteiger partial charge in [0.1, 0.15) is 0 Å². The fourth-order valence-electron chi connectivity index (χ4n) is 1.98. The van der Waals surface area contributed by atoms with Gasteiger partial charge in [0.15, 0.2) is 0 Å². The minimum absolute atomic E-state index is 0.0914. The first-order valence-corrected chi connectivity index (χ1v) is 4.29. The standard InChI is InChI=1S/C9H18O2/c1-6-8(11)4-7(5-10)9(6,2)3/h6-8,10-11H,4-5H2,1-3H3/t6-,7+,8+/m1/s1. The van der Waals surface area contributed by atoms with Gasteiger partial charge in [-0.1, -0.05) is 20.8 Å². The molecule has 0 aliphatic heterocycles. The Labute approximate surface area is 68.2 Å². The lowest BCUT2D eigenvalue weighted by atomic mass is 9.76. The van der Waals surface area contributed by atoms with Crippen LogP contribution in [-0.2, 0) is 0 Å². The predicted molar refractivity (Wildman–Crippen MR) is 44.1 cm³/mol. The first kappa shape index (κ1) is 9.01. The molecule has 0 bridgehead atoms. The summed E-state index contributed by atoms with van der Waals surface area (Å²) in [5.74, 6) is 0.576. The lowest BCUT2D eigenvalue weighted by Crippen LogP contribution is -2.27. The second-order valence-electron chi connectivity index (χ2n) is 4.29. The zero-order chi connectivity index (χ0) is 8.65. The molecule has 0 spiro atoms. The number of aliphatic hydroxyl groups is 2. The number of hydrogen-bond acceptors (Lipinski definition) is 2. The van der Waals surface area contributed by atoms with Gasteiger partial charge in [-0.25, -0.2) is 0 Å². The average Bonchev–Trinajstić information content (AvgIpc) is 2.13. The van der Waals surface area contributed by atoms with Crippen LogP contribution in [0.2, 0.25) is 0 Å². The molecule has 1 rings (SSSR count). The fraction of sp³-hybridized carbons (Fsp3) is 1.00. The highest BCUT2D eigenvalue weighted by molar-refractivity contribution is 4.94. The highest BCUT2D eigenvalue weighted by atomic mass is 16.3. The van der Waals surface area contributed by atoms with Crippen molar-refractivity contribution in [3.63, 3.8) is 0 Å². The van der Waals surface area contributed by atoms with Crippen LogP contribution in [0.3, 0.4) is 0 Å². The number of hydrogen-bond donors (Lipinski definition) is 2. The first-order valence-electron chi connectivity index (χ1n) is 4.29. The van der Waals surface area contributed by atoms with E-state index >= 15 is 0 Å². The number of rotatable bonds is 1. The van der Waals surface area contributed by atoms with Crippen molar-refractivity contribution in [2.75, 3.05) is 6.61 Å². The van der Waals surface area contributed by atoms with Gasteiger partial charge in [-0.05, 0) is 23.7 Å². The molecule has 0 radical (unpaired) electrons. The van der Waals surface area contributed by atoms with Crippen molar-refractivity contribution in [1.29, 1.82) is 0 Å². The molecule has 0 amide bonds. The van der Waals surface area contributed by atoms with Crippen LogP contribution in [0.15, 0.2) is 0 Å². The van der Waals surface area contributed by atoms with Gasteiger partial charge in [0.05, 0.1) is 6.10 Å². The van der Waals surface area contributed by atoms with Gasteiger partial charge < -0.3 is 10.2 Å². The van der Waals surface area contributed by atoms with E-state index in [1.54, 1.807) is 0 Å². The topological polar surface area (TPSA) is 40.5 Å². The maximum absolute atomic E-state index is 9.52.